The van der Waals surface area contributed by atoms with Gasteiger partial charge in [-0.3, -0.25) is 9.98 Å². The van der Waals surface area contributed by atoms with Gasteiger partial charge in [0.2, 0.25) is 0 Å². The first kappa shape index (κ1) is 14.5. The summed E-state index contributed by atoms with van der Waals surface area (Å²) in [5.74, 6) is 0.941. The van der Waals surface area contributed by atoms with Gasteiger partial charge < -0.3 is 0 Å². The van der Waals surface area contributed by atoms with E-state index in [2.05, 4.69) is 40.3 Å². The summed E-state index contributed by atoms with van der Waals surface area (Å²) < 4.78 is 0. The smallest absolute Gasteiger partial charge is 0.0812 e. The van der Waals surface area contributed by atoms with Crippen LogP contribution in [0, 0.1) is 0 Å². The predicted octanol–water partition coefficient (Wildman–Crippen LogP) is 5.12. The number of pyridine rings is 1. The van der Waals surface area contributed by atoms with E-state index in [0.29, 0.717) is 0 Å². The second-order valence-corrected chi connectivity index (χ2v) is 5.77. The topological polar surface area (TPSA) is 25.2 Å². The number of hydrogen-bond donors (Lipinski definition) is 0. The zero-order chi connectivity index (χ0) is 15.0. The molecule has 1 heterocycles. The molecule has 0 aliphatic carbocycles. The van der Waals surface area contributed by atoms with Crippen molar-refractivity contribution in [1.29, 1.82) is 0 Å². The Labute approximate surface area is 135 Å². The van der Waals surface area contributed by atoms with E-state index in [4.69, 9.17) is 0 Å². The van der Waals surface area contributed by atoms with Crippen LogP contribution in [0.2, 0.25) is 0 Å². The van der Waals surface area contributed by atoms with Crippen molar-refractivity contribution in [3.63, 3.8) is 0 Å². The van der Waals surface area contributed by atoms with E-state index < -0.39 is 0 Å². The molecule has 0 unspecified atom stereocenters. The molecule has 0 N–H and O–H groups in total. The number of hydrogen-bond acceptors (Lipinski definition) is 3. The highest BCUT2D eigenvalue weighted by atomic mass is 32.2. The molecule has 2 nitrogen and oxygen atoms in total. The third-order valence-electron chi connectivity index (χ3n) is 3.13. The minimum Gasteiger partial charge on any atom is -0.255 e. The second-order valence-electron chi connectivity index (χ2n) is 4.75. The summed E-state index contributed by atoms with van der Waals surface area (Å²) in [5, 5.41) is 0. The van der Waals surface area contributed by atoms with Gasteiger partial charge in [-0.05, 0) is 29.8 Å². The molecule has 0 fully saturated rings. The first-order chi connectivity index (χ1) is 10.9. The first-order valence-corrected chi connectivity index (χ1v) is 8.11. The van der Waals surface area contributed by atoms with Crippen molar-refractivity contribution >= 4 is 23.7 Å². The molecule has 3 heteroatoms. The summed E-state index contributed by atoms with van der Waals surface area (Å²) >= 11 is 1.80. The highest BCUT2D eigenvalue weighted by Gasteiger charge is 2.01. The van der Waals surface area contributed by atoms with Gasteiger partial charge in [-0.1, -0.05) is 48.5 Å². The number of aromatic nitrogens is 1. The van der Waals surface area contributed by atoms with Gasteiger partial charge in [-0.15, -0.1) is 11.8 Å². The lowest BCUT2D eigenvalue weighted by molar-refractivity contribution is 1.29. The molecule has 0 amide bonds. The molecule has 3 aromatic rings. The van der Waals surface area contributed by atoms with E-state index in [1.54, 1.807) is 18.0 Å². The lowest BCUT2D eigenvalue weighted by atomic mass is 10.2. The summed E-state index contributed by atoms with van der Waals surface area (Å²) in [6, 6.07) is 24.5. The molecule has 0 spiro atoms. The van der Waals surface area contributed by atoms with E-state index >= 15 is 0 Å². The van der Waals surface area contributed by atoms with Gasteiger partial charge >= 0.3 is 0 Å². The molecule has 3 rings (SSSR count). The van der Waals surface area contributed by atoms with Crippen LogP contribution in [-0.2, 0) is 5.75 Å². The number of thioether (sulfide) groups is 1. The van der Waals surface area contributed by atoms with Crippen molar-refractivity contribution in [3.05, 3.63) is 90.3 Å². The average molecular weight is 304 g/mol. The van der Waals surface area contributed by atoms with Crippen LogP contribution in [0.5, 0.6) is 0 Å². The highest BCUT2D eigenvalue weighted by molar-refractivity contribution is 7.98. The minimum atomic E-state index is 0.866. The van der Waals surface area contributed by atoms with Crippen LogP contribution in [0.25, 0.3) is 0 Å². The Hall–Kier alpha value is -2.39. The van der Waals surface area contributed by atoms with E-state index in [9.17, 15) is 0 Å². The Balaban J connectivity index is 1.74. The molecule has 0 saturated heterocycles. The average Bonchev–Trinajstić information content (AvgIpc) is 2.61. The number of para-hydroxylation sites is 1. The van der Waals surface area contributed by atoms with Crippen LogP contribution in [0.3, 0.4) is 0 Å². The Morgan fingerprint density at radius 1 is 0.864 bits per heavy atom. The van der Waals surface area contributed by atoms with Crippen LogP contribution >= 0.6 is 11.8 Å². The molecule has 0 bridgehead atoms. The molecule has 108 valence electrons. The molecule has 2 aromatic carbocycles. The molecule has 22 heavy (non-hydrogen) atoms. The Morgan fingerprint density at radius 2 is 1.64 bits per heavy atom. The highest BCUT2D eigenvalue weighted by Crippen LogP contribution is 2.31. The lowest BCUT2D eigenvalue weighted by Crippen LogP contribution is -1.85. The largest absolute Gasteiger partial charge is 0.255 e. The van der Waals surface area contributed by atoms with Crippen LogP contribution in [0.1, 0.15) is 11.3 Å². The summed E-state index contributed by atoms with van der Waals surface area (Å²) in [6.07, 6.45) is 3.58. The number of rotatable bonds is 5. The fourth-order valence-corrected chi connectivity index (χ4v) is 2.97. The molecular formula is C19H16N2S. The Morgan fingerprint density at radius 3 is 2.45 bits per heavy atom. The summed E-state index contributed by atoms with van der Waals surface area (Å²) in [7, 11) is 0. The van der Waals surface area contributed by atoms with Crippen molar-refractivity contribution in [1.82, 2.24) is 4.98 Å². The van der Waals surface area contributed by atoms with E-state index in [1.165, 1.54) is 10.5 Å². The lowest BCUT2D eigenvalue weighted by Gasteiger charge is -2.05. The first-order valence-electron chi connectivity index (χ1n) is 7.13. The van der Waals surface area contributed by atoms with Crippen LogP contribution in [-0.4, -0.2) is 11.2 Å². The van der Waals surface area contributed by atoms with Gasteiger partial charge in [0.15, 0.2) is 0 Å². The Bertz CT molecular complexity index is 740. The number of aliphatic imine (C=N–C) groups is 1. The van der Waals surface area contributed by atoms with Crippen molar-refractivity contribution in [2.24, 2.45) is 4.99 Å². The molecular weight excluding hydrogens is 288 g/mol. The third-order valence-corrected chi connectivity index (χ3v) is 4.26. The maximum absolute atomic E-state index is 4.58. The quantitative estimate of drug-likeness (QED) is 0.482. The van der Waals surface area contributed by atoms with Gasteiger partial charge in [-0.25, -0.2) is 0 Å². The predicted molar refractivity (Wildman–Crippen MR) is 93.9 cm³/mol. The number of benzene rings is 2. The molecule has 0 radical (unpaired) electrons. The maximum atomic E-state index is 4.58. The molecule has 0 saturated carbocycles. The normalized spacial score (nSPS) is 10.9. The van der Waals surface area contributed by atoms with Crippen molar-refractivity contribution in [2.75, 3.05) is 0 Å². The molecule has 0 aliphatic heterocycles. The fraction of sp³-hybridized carbons (Fsp3) is 0.0526. The van der Waals surface area contributed by atoms with Gasteiger partial charge in [0.25, 0.3) is 0 Å². The van der Waals surface area contributed by atoms with Crippen molar-refractivity contribution in [2.45, 2.75) is 10.6 Å². The molecule has 1 aromatic heterocycles. The second kappa shape index (κ2) is 7.57. The summed E-state index contributed by atoms with van der Waals surface area (Å²) in [6.45, 7) is 0. The van der Waals surface area contributed by atoms with Gasteiger partial charge in [0, 0.05) is 16.8 Å². The SMILES string of the molecule is C(=N/c1ccccc1SCc1ccccc1)/c1ccccn1. The summed E-state index contributed by atoms with van der Waals surface area (Å²) in [5.41, 5.74) is 3.16. The van der Waals surface area contributed by atoms with E-state index in [-0.39, 0.29) is 0 Å². The minimum absolute atomic E-state index is 0.866. The van der Waals surface area contributed by atoms with Gasteiger partial charge in [-0.2, -0.15) is 0 Å². The molecule has 0 atom stereocenters. The van der Waals surface area contributed by atoms with Crippen LogP contribution in [0.15, 0.2) is 88.9 Å². The van der Waals surface area contributed by atoms with Gasteiger partial charge in [0.1, 0.15) is 0 Å². The fourth-order valence-electron chi connectivity index (χ4n) is 2.01. The standard InChI is InChI=1S/C19H16N2S/c1-2-8-16(9-3-1)15-22-19-12-5-4-11-18(19)21-14-17-10-6-7-13-20-17/h1-14H,15H2/b21-14-. The van der Waals surface area contributed by atoms with Gasteiger partial charge in [0.05, 0.1) is 17.6 Å². The molecule has 0 aliphatic rings. The monoisotopic (exact) mass is 304 g/mol. The number of nitrogens with zero attached hydrogens (tertiary/aromatic N) is 2. The zero-order valence-electron chi connectivity index (χ0n) is 12.1. The van der Waals surface area contributed by atoms with E-state index in [1.807, 2.05) is 48.7 Å². The van der Waals surface area contributed by atoms with E-state index in [0.717, 1.165) is 17.1 Å². The summed E-state index contributed by atoms with van der Waals surface area (Å²) in [4.78, 5) is 10.0. The van der Waals surface area contributed by atoms with Crippen molar-refractivity contribution in [3.8, 4) is 0 Å². The van der Waals surface area contributed by atoms with Crippen molar-refractivity contribution < 1.29 is 0 Å². The zero-order valence-corrected chi connectivity index (χ0v) is 12.9. The van der Waals surface area contributed by atoms with Crippen LogP contribution in [0.4, 0.5) is 5.69 Å². The van der Waals surface area contributed by atoms with Crippen LogP contribution < -0.4 is 0 Å². The Kier molecular flexibility index (Phi) is 5.00. The maximum Gasteiger partial charge on any atom is 0.0812 e. The third kappa shape index (κ3) is 4.06.